The Morgan fingerprint density at radius 1 is 0.833 bits per heavy atom. The summed E-state index contributed by atoms with van der Waals surface area (Å²) >= 11 is 0. The minimum absolute atomic E-state index is 0.255. The average molecular weight is 429 g/mol. The fourth-order valence-corrected chi connectivity index (χ4v) is 3.15. The molecule has 0 aromatic heterocycles. The van der Waals surface area contributed by atoms with Crippen LogP contribution in [0, 0.1) is 5.92 Å². The molecule has 0 unspecified atom stereocenters. The van der Waals surface area contributed by atoms with Crippen LogP contribution in [0.4, 0.5) is 0 Å². The lowest BCUT2D eigenvalue weighted by atomic mass is 9.95. The molecule has 11 heteroatoms. The van der Waals surface area contributed by atoms with E-state index >= 15 is 0 Å². The van der Waals surface area contributed by atoms with Gasteiger partial charge in [0.25, 0.3) is 0 Å². The van der Waals surface area contributed by atoms with Crippen LogP contribution >= 0.6 is 0 Å². The van der Waals surface area contributed by atoms with Crippen LogP contribution < -0.4 is 5.32 Å². The lowest BCUT2D eigenvalue weighted by molar-refractivity contribution is -0.271. The smallest absolute Gasteiger partial charge is 0.305 e. The van der Waals surface area contributed by atoms with Crippen LogP contribution in [0.3, 0.4) is 0 Å². The van der Waals surface area contributed by atoms with Gasteiger partial charge in [-0.3, -0.25) is 24.0 Å². The first-order valence-corrected chi connectivity index (χ1v) is 9.66. The van der Waals surface area contributed by atoms with E-state index in [1.807, 2.05) is 0 Å². The Morgan fingerprint density at radius 2 is 1.40 bits per heavy atom. The third-order valence-electron chi connectivity index (χ3n) is 4.48. The number of carbonyl (C=O) groups excluding carboxylic acids is 5. The van der Waals surface area contributed by atoms with Gasteiger partial charge in [0.1, 0.15) is 18.8 Å². The largest absolute Gasteiger partial charge is 0.463 e. The van der Waals surface area contributed by atoms with Gasteiger partial charge in [-0.1, -0.05) is 0 Å². The standard InChI is InChI=1S/C19H27NO10/c1-9(21)26-8-14-17(27-10(2)22)18(28-11(3)23)16(19(30-14)29-12(4)24)20-15(25)7-13-5-6-13/h13-14,16-19H,5-8H2,1-4H3,(H,20,25)/t14-,16-,17-,18-,19-/m1/s1. The average Bonchev–Trinajstić information content (AvgIpc) is 3.41. The topological polar surface area (TPSA) is 144 Å². The molecule has 0 aromatic rings. The molecule has 11 nitrogen and oxygen atoms in total. The zero-order valence-corrected chi connectivity index (χ0v) is 17.4. The van der Waals surface area contributed by atoms with Gasteiger partial charge in [-0.05, 0) is 18.8 Å². The number of rotatable bonds is 8. The fourth-order valence-electron chi connectivity index (χ4n) is 3.15. The van der Waals surface area contributed by atoms with Crippen molar-refractivity contribution in [3.05, 3.63) is 0 Å². The number of hydrogen-bond donors (Lipinski definition) is 1. The Bertz CT molecular complexity index is 689. The van der Waals surface area contributed by atoms with Gasteiger partial charge in [-0.2, -0.15) is 0 Å². The molecule has 1 aliphatic heterocycles. The Hall–Kier alpha value is -2.69. The molecule has 1 amide bonds. The maximum Gasteiger partial charge on any atom is 0.305 e. The maximum atomic E-state index is 12.4. The highest BCUT2D eigenvalue weighted by molar-refractivity contribution is 5.77. The van der Waals surface area contributed by atoms with Crippen LogP contribution in [-0.2, 0) is 47.7 Å². The van der Waals surface area contributed by atoms with Crippen LogP contribution in [-0.4, -0.2) is 67.0 Å². The molecule has 2 aliphatic rings. The lowest BCUT2D eigenvalue weighted by Crippen LogP contribution is -2.67. The predicted molar refractivity (Wildman–Crippen MR) is 97.4 cm³/mol. The molecule has 1 saturated heterocycles. The SMILES string of the molecule is CC(=O)OC[C@H]1O[C@@H](OC(C)=O)[C@H](NC(=O)CC2CC2)[C@@H](OC(C)=O)[C@@H]1OC(C)=O. The summed E-state index contributed by atoms with van der Waals surface area (Å²) in [6.07, 6.45) is -2.79. The molecule has 30 heavy (non-hydrogen) atoms. The van der Waals surface area contributed by atoms with Crippen LogP contribution in [0.2, 0.25) is 0 Å². The zero-order chi connectivity index (χ0) is 22.4. The van der Waals surface area contributed by atoms with Crippen molar-refractivity contribution in [2.24, 2.45) is 5.92 Å². The number of carbonyl (C=O) groups is 5. The van der Waals surface area contributed by atoms with E-state index in [9.17, 15) is 24.0 Å². The van der Waals surface area contributed by atoms with E-state index in [1.54, 1.807) is 0 Å². The summed E-state index contributed by atoms with van der Waals surface area (Å²) in [4.78, 5) is 58.7. The molecule has 0 aromatic carbocycles. The summed E-state index contributed by atoms with van der Waals surface area (Å²) in [6, 6.07) is -1.14. The van der Waals surface area contributed by atoms with Gasteiger partial charge in [0.2, 0.25) is 12.2 Å². The molecule has 0 bridgehead atoms. The molecule has 0 radical (unpaired) electrons. The van der Waals surface area contributed by atoms with Crippen LogP contribution in [0.5, 0.6) is 0 Å². The second kappa shape index (κ2) is 10.4. The van der Waals surface area contributed by atoms with E-state index in [2.05, 4.69) is 5.32 Å². The monoisotopic (exact) mass is 429 g/mol. The molecule has 0 spiro atoms. The van der Waals surface area contributed by atoms with E-state index in [1.165, 1.54) is 6.92 Å². The van der Waals surface area contributed by atoms with Crippen molar-refractivity contribution in [1.29, 1.82) is 0 Å². The van der Waals surface area contributed by atoms with Gasteiger partial charge in [-0.15, -0.1) is 0 Å². The number of amides is 1. The summed E-state index contributed by atoms with van der Waals surface area (Å²) in [5.41, 5.74) is 0. The first kappa shape index (κ1) is 23.6. The highest BCUT2D eigenvalue weighted by Gasteiger charge is 2.52. The molecule has 2 fully saturated rings. The van der Waals surface area contributed by atoms with Gasteiger partial charge in [0, 0.05) is 34.1 Å². The van der Waals surface area contributed by atoms with Gasteiger partial charge in [0.05, 0.1) is 0 Å². The van der Waals surface area contributed by atoms with E-state index < -0.39 is 54.5 Å². The van der Waals surface area contributed by atoms with Crippen molar-refractivity contribution >= 4 is 29.8 Å². The third-order valence-corrected chi connectivity index (χ3v) is 4.48. The Balaban J connectivity index is 2.33. The molecular formula is C19H27NO10. The van der Waals surface area contributed by atoms with E-state index in [-0.39, 0.29) is 24.9 Å². The minimum Gasteiger partial charge on any atom is -0.463 e. The molecule has 1 aliphatic carbocycles. The van der Waals surface area contributed by atoms with E-state index in [4.69, 9.17) is 23.7 Å². The van der Waals surface area contributed by atoms with Gasteiger partial charge in [0.15, 0.2) is 12.2 Å². The normalized spacial score (nSPS) is 28.1. The highest BCUT2D eigenvalue weighted by Crippen LogP contribution is 2.33. The number of nitrogens with one attached hydrogen (secondary N) is 1. The van der Waals surface area contributed by atoms with Gasteiger partial charge in [-0.25, -0.2) is 0 Å². The van der Waals surface area contributed by atoms with Crippen molar-refractivity contribution in [3.8, 4) is 0 Å². The van der Waals surface area contributed by atoms with Crippen LogP contribution in [0.25, 0.3) is 0 Å². The van der Waals surface area contributed by atoms with Crippen LogP contribution in [0.1, 0.15) is 47.0 Å². The number of hydrogen-bond acceptors (Lipinski definition) is 10. The second-order valence-corrected chi connectivity index (χ2v) is 7.34. The highest BCUT2D eigenvalue weighted by atomic mass is 16.7. The third kappa shape index (κ3) is 7.29. The zero-order valence-electron chi connectivity index (χ0n) is 17.4. The maximum absolute atomic E-state index is 12.4. The molecule has 1 heterocycles. The predicted octanol–water partition coefficient (Wildman–Crippen LogP) is -0.0142. The molecule has 2 rings (SSSR count). The molecule has 168 valence electrons. The van der Waals surface area contributed by atoms with Crippen LogP contribution in [0.15, 0.2) is 0 Å². The summed E-state index contributed by atoms with van der Waals surface area (Å²) in [5.74, 6) is -2.82. The molecule has 5 atom stereocenters. The van der Waals surface area contributed by atoms with Crippen molar-refractivity contribution in [2.45, 2.75) is 77.6 Å². The molecule has 1 saturated carbocycles. The lowest BCUT2D eigenvalue weighted by Gasteiger charge is -2.44. The summed E-state index contributed by atoms with van der Waals surface area (Å²) < 4.78 is 26.5. The second-order valence-electron chi connectivity index (χ2n) is 7.34. The number of ether oxygens (including phenoxy) is 5. The van der Waals surface area contributed by atoms with Crippen molar-refractivity contribution in [2.75, 3.05) is 6.61 Å². The van der Waals surface area contributed by atoms with Gasteiger partial charge < -0.3 is 29.0 Å². The minimum atomic E-state index is -1.36. The molecular weight excluding hydrogens is 402 g/mol. The first-order chi connectivity index (χ1) is 14.1. The first-order valence-electron chi connectivity index (χ1n) is 9.66. The fraction of sp³-hybridized carbons (Fsp3) is 0.737. The quantitative estimate of drug-likeness (QED) is 0.413. The Morgan fingerprint density at radius 3 is 1.90 bits per heavy atom. The summed E-state index contributed by atoms with van der Waals surface area (Å²) in [7, 11) is 0. The van der Waals surface area contributed by atoms with E-state index in [0.717, 1.165) is 33.6 Å². The summed E-state index contributed by atoms with van der Waals surface area (Å²) in [5, 5.41) is 2.67. The Kier molecular flexibility index (Phi) is 8.16. The van der Waals surface area contributed by atoms with E-state index in [0.29, 0.717) is 0 Å². The molecule has 1 N–H and O–H groups in total. The van der Waals surface area contributed by atoms with Crippen molar-refractivity contribution in [3.63, 3.8) is 0 Å². The van der Waals surface area contributed by atoms with Crippen molar-refractivity contribution in [1.82, 2.24) is 5.32 Å². The van der Waals surface area contributed by atoms with Gasteiger partial charge >= 0.3 is 23.9 Å². The van der Waals surface area contributed by atoms with Crippen molar-refractivity contribution < 1.29 is 47.7 Å². The summed E-state index contributed by atoms with van der Waals surface area (Å²) in [6.45, 7) is 4.26. The Labute approximate surface area is 173 Å². The number of esters is 4.